The summed E-state index contributed by atoms with van der Waals surface area (Å²) in [5, 5.41) is 4.85. The fourth-order valence-electron chi connectivity index (χ4n) is 3.20. The molecule has 0 radical (unpaired) electrons. The predicted octanol–water partition coefficient (Wildman–Crippen LogP) is 2.56. The van der Waals surface area contributed by atoms with E-state index in [1.54, 1.807) is 0 Å². The number of carbonyl (C=O) groups excluding carboxylic acids is 1. The van der Waals surface area contributed by atoms with Gasteiger partial charge >= 0.3 is 6.18 Å². The van der Waals surface area contributed by atoms with E-state index in [9.17, 15) is 22.8 Å². The van der Waals surface area contributed by atoms with E-state index in [0.717, 1.165) is 17.3 Å². The highest BCUT2D eigenvalue weighted by Crippen LogP contribution is 2.36. The number of halogens is 3. The molecule has 1 aromatic heterocycles. The molecule has 2 heterocycles. The van der Waals surface area contributed by atoms with Crippen molar-refractivity contribution < 1.29 is 27.5 Å². The Hall–Kier alpha value is -1.92. The van der Waals surface area contributed by atoms with Crippen LogP contribution >= 0.6 is 0 Å². The number of rotatable bonds is 8. The van der Waals surface area contributed by atoms with Crippen LogP contribution in [0.2, 0.25) is 25.7 Å². The number of carbonyl (C=O) groups is 1. The third-order valence-corrected chi connectivity index (χ3v) is 6.65. The van der Waals surface area contributed by atoms with Crippen molar-refractivity contribution in [3.05, 3.63) is 22.1 Å². The molecule has 0 saturated carbocycles. The first-order valence-electron chi connectivity index (χ1n) is 9.70. The van der Waals surface area contributed by atoms with Gasteiger partial charge in [-0.1, -0.05) is 19.6 Å². The van der Waals surface area contributed by atoms with Gasteiger partial charge in [0.2, 0.25) is 0 Å². The van der Waals surface area contributed by atoms with E-state index in [1.807, 2.05) is 0 Å². The zero-order valence-electron chi connectivity index (χ0n) is 18.0. The molecule has 1 saturated heterocycles. The molecule has 1 aliphatic rings. The Kier molecular flexibility index (Phi) is 7.69. The average Bonchev–Trinajstić information content (AvgIpc) is 3.12. The number of nitrogens with zero attached hydrogens (tertiary/aromatic N) is 4. The second kappa shape index (κ2) is 9.48. The number of likely N-dealkylation sites (N-methyl/N-ethyl adjacent to an activating group) is 1. The summed E-state index contributed by atoms with van der Waals surface area (Å²) < 4.78 is 47.5. The van der Waals surface area contributed by atoms with Crippen LogP contribution in [0, 0.1) is 0 Å². The van der Waals surface area contributed by atoms with Gasteiger partial charge in [-0.05, 0) is 18.9 Å². The van der Waals surface area contributed by atoms with E-state index in [2.05, 4.69) is 24.7 Å². The normalized spacial score (nSPS) is 17.5. The monoisotopic (exact) mass is 450 g/mol. The van der Waals surface area contributed by atoms with E-state index in [0.29, 0.717) is 24.1 Å². The van der Waals surface area contributed by atoms with Crippen LogP contribution in [0.1, 0.15) is 18.4 Å². The van der Waals surface area contributed by atoms with E-state index >= 15 is 0 Å². The molecule has 170 valence electrons. The molecule has 30 heavy (non-hydrogen) atoms. The first-order valence-corrected chi connectivity index (χ1v) is 13.4. The van der Waals surface area contributed by atoms with Gasteiger partial charge in [-0.15, -0.1) is 0 Å². The highest BCUT2D eigenvalue weighted by atomic mass is 28.3. The Morgan fingerprint density at radius 1 is 1.37 bits per heavy atom. The predicted molar refractivity (Wildman–Crippen MR) is 108 cm³/mol. The molecule has 0 spiro atoms. The molecule has 1 aliphatic heterocycles. The smallest absolute Gasteiger partial charge is 0.359 e. The summed E-state index contributed by atoms with van der Waals surface area (Å²) in [6, 6.07) is -0.0441. The molecule has 0 N–H and O–H groups in total. The van der Waals surface area contributed by atoms with Crippen LogP contribution in [0.4, 0.5) is 18.9 Å². The number of hydrogen-bond donors (Lipinski definition) is 0. The van der Waals surface area contributed by atoms with Crippen LogP contribution in [-0.2, 0) is 27.3 Å². The summed E-state index contributed by atoms with van der Waals surface area (Å²) in [5.41, 5.74) is -3.02. The molecule has 0 bridgehead atoms. The molecular formula is C18H29F3N4O4Si. The summed E-state index contributed by atoms with van der Waals surface area (Å²) in [6.45, 7) is 6.62. The van der Waals surface area contributed by atoms with E-state index in [4.69, 9.17) is 9.57 Å². The SMILES string of the molecule is CON(C)C(=O)[C@@H]1CCCN1c1cnn(COCC[Si](C)(C)C)c(=O)c1C(F)(F)F. The van der Waals surface area contributed by atoms with Crippen molar-refractivity contribution in [2.45, 2.75) is 57.5 Å². The Morgan fingerprint density at radius 3 is 2.60 bits per heavy atom. The van der Waals surface area contributed by atoms with Crippen LogP contribution < -0.4 is 10.5 Å². The van der Waals surface area contributed by atoms with Crippen LogP contribution in [0.15, 0.2) is 11.0 Å². The number of hydrogen-bond acceptors (Lipinski definition) is 6. The Labute approximate surface area is 174 Å². The van der Waals surface area contributed by atoms with E-state index in [1.165, 1.54) is 19.1 Å². The minimum atomic E-state index is -4.90. The quantitative estimate of drug-likeness (QED) is 0.344. The Bertz CT molecular complexity index is 810. The maximum absolute atomic E-state index is 13.8. The zero-order chi connectivity index (χ0) is 22.7. The molecule has 2 rings (SSSR count). The lowest BCUT2D eigenvalue weighted by Gasteiger charge is -2.30. The van der Waals surface area contributed by atoms with Crippen molar-refractivity contribution in [1.29, 1.82) is 0 Å². The summed E-state index contributed by atoms with van der Waals surface area (Å²) in [4.78, 5) is 31.2. The number of hydroxylamine groups is 2. The number of alkyl halides is 3. The van der Waals surface area contributed by atoms with Gasteiger partial charge in [0.1, 0.15) is 18.3 Å². The molecule has 0 unspecified atom stereocenters. The van der Waals surface area contributed by atoms with E-state index < -0.39 is 43.0 Å². The average molecular weight is 451 g/mol. The lowest BCUT2D eigenvalue weighted by molar-refractivity contribution is -0.170. The van der Waals surface area contributed by atoms with Crippen molar-refractivity contribution in [2.24, 2.45) is 0 Å². The second-order valence-electron chi connectivity index (χ2n) is 8.42. The largest absolute Gasteiger partial charge is 0.423 e. The van der Waals surface area contributed by atoms with Gasteiger partial charge in [0.05, 0.1) is 19.0 Å². The molecule has 0 aliphatic carbocycles. The standard InChI is InChI=1S/C18H29F3N4O4Si/c1-23(28-2)16(26)13-7-6-8-24(13)14-11-22-25(12-29-9-10-30(3,4)5)17(27)15(14)18(19,20)21/h11,13H,6-10,12H2,1-5H3/t13-/m0/s1. The highest BCUT2D eigenvalue weighted by Gasteiger charge is 2.43. The van der Waals surface area contributed by atoms with Gasteiger partial charge in [-0.3, -0.25) is 14.4 Å². The molecule has 8 nitrogen and oxygen atoms in total. The topological polar surface area (TPSA) is 76.9 Å². The third-order valence-electron chi connectivity index (χ3n) is 4.95. The minimum Gasteiger partial charge on any atom is -0.359 e. The number of ether oxygens (including phenoxy) is 1. The first-order chi connectivity index (χ1) is 13.9. The molecular weight excluding hydrogens is 421 g/mol. The second-order valence-corrected chi connectivity index (χ2v) is 14.0. The fraction of sp³-hybridized carbons (Fsp3) is 0.722. The maximum atomic E-state index is 13.8. The maximum Gasteiger partial charge on any atom is 0.423 e. The molecule has 12 heteroatoms. The lowest BCUT2D eigenvalue weighted by Crippen LogP contribution is -2.45. The Balaban J connectivity index is 2.33. The molecule has 1 aromatic rings. The first kappa shape index (κ1) is 24.3. The van der Waals surface area contributed by atoms with Gasteiger partial charge < -0.3 is 9.64 Å². The van der Waals surface area contributed by atoms with Crippen LogP contribution in [0.3, 0.4) is 0 Å². The van der Waals surface area contributed by atoms with Crippen LogP contribution in [0.25, 0.3) is 0 Å². The zero-order valence-corrected chi connectivity index (χ0v) is 19.0. The minimum absolute atomic E-state index is 0.203. The van der Waals surface area contributed by atoms with Crippen molar-refractivity contribution in [1.82, 2.24) is 14.8 Å². The molecule has 1 amide bonds. The van der Waals surface area contributed by atoms with Crippen molar-refractivity contribution in [3.63, 3.8) is 0 Å². The van der Waals surface area contributed by atoms with Gasteiger partial charge in [-0.25, -0.2) is 9.75 Å². The van der Waals surface area contributed by atoms with Crippen molar-refractivity contribution in [2.75, 3.05) is 32.2 Å². The molecule has 0 aromatic carbocycles. The van der Waals surface area contributed by atoms with Gasteiger partial charge in [0, 0.05) is 28.3 Å². The van der Waals surface area contributed by atoms with Gasteiger partial charge in [-0.2, -0.15) is 18.3 Å². The highest BCUT2D eigenvalue weighted by molar-refractivity contribution is 6.76. The van der Waals surface area contributed by atoms with Gasteiger partial charge in [0.15, 0.2) is 0 Å². The van der Waals surface area contributed by atoms with Gasteiger partial charge in [0.25, 0.3) is 11.5 Å². The number of amides is 1. The summed E-state index contributed by atoms with van der Waals surface area (Å²) >= 11 is 0. The van der Waals surface area contributed by atoms with Crippen molar-refractivity contribution >= 4 is 19.7 Å². The summed E-state index contributed by atoms with van der Waals surface area (Å²) in [7, 11) is 1.31. The third kappa shape index (κ3) is 5.82. The molecule has 1 atom stereocenters. The summed E-state index contributed by atoms with van der Waals surface area (Å²) in [6.07, 6.45) is -3.05. The fourth-order valence-corrected chi connectivity index (χ4v) is 3.95. The van der Waals surface area contributed by atoms with Crippen LogP contribution in [-0.4, -0.2) is 62.2 Å². The number of anilines is 1. The Morgan fingerprint density at radius 2 is 2.03 bits per heavy atom. The van der Waals surface area contributed by atoms with Crippen LogP contribution in [0.5, 0.6) is 0 Å². The van der Waals surface area contributed by atoms with Crippen molar-refractivity contribution in [3.8, 4) is 0 Å². The molecule has 1 fully saturated rings. The summed E-state index contributed by atoms with van der Waals surface area (Å²) in [5.74, 6) is -0.484. The lowest BCUT2D eigenvalue weighted by atomic mass is 10.1. The number of aromatic nitrogens is 2. The van der Waals surface area contributed by atoms with E-state index in [-0.39, 0.29) is 13.3 Å².